The summed E-state index contributed by atoms with van der Waals surface area (Å²) in [5.41, 5.74) is 2.80. The molecule has 0 aliphatic carbocycles. The van der Waals surface area contributed by atoms with Crippen molar-refractivity contribution >= 4 is 45.3 Å². The first-order valence-corrected chi connectivity index (χ1v) is 8.99. The summed E-state index contributed by atoms with van der Waals surface area (Å²) in [7, 11) is 0. The van der Waals surface area contributed by atoms with Crippen LogP contribution in [0.4, 0.5) is 11.4 Å². The van der Waals surface area contributed by atoms with E-state index in [4.69, 9.17) is 0 Å². The van der Waals surface area contributed by atoms with Crippen LogP contribution >= 0.6 is 15.9 Å². The van der Waals surface area contributed by atoms with Gasteiger partial charge in [0.2, 0.25) is 11.8 Å². The van der Waals surface area contributed by atoms with Crippen molar-refractivity contribution in [2.75, 3.05) is 5.32 Å². The number of carbonyl (C=O) groups excluding carboxylic acids is 2. The van der Waals surface area contributed by atoms with Crippen LogP contribution in [0.3, 0.4) is 0 Å². The van der Waals surface area contributed by atoms with Gasteiger partial charge in [-0.2, -0.15) is 5.10 Å². The minimum atomic E-state index is -0.603. The zero-order valence-electron chi connectivity index (χ0n) is 14.6. The van der Waals surface area contributed by atoms with Crippen LogP contribution in [-0.4, -0.2) is 28.1 Å². The molecule has 2 aromatic rings. The topological polar surface area (TPSA) is 134 Å². The third kappa shape index (κ3) is 6.80. The SMILES string of the molecule is O=C(CCCC(=O)Nc1cccc(Br)c1)NN=Cc1cc([N+](=O)[O-])ccc1O. The van der Waals surface area contributed by atoms with Crippen molar-refractivity contribution in [1.82, 2.24) is 5.43 Å². The molecule has 9 nitrogen and oxygen atoms in total. The van der Waals surface area contributed by atoms with Crippen LogP contribution in [0, 0.1) is 10.1 Å². The number of aromatic hydroxyl groups is 1. The highest BCUT2D eigenvalue weighted by Gasteiger charge is 2.09. The highest BCUT2D eigenvalue weighted by atomic mass is 79.9. The van der Waals surface area contributed by atoms with Gasteiger partial charge in [0, 0.05) is 40.7 Å². The highest BCUT2D eigenvalue weighted by molar-refractivity contribution is 9.10. The van der Waals surface area contributed by atoms with Gasteiger partial charge in [-0.15, -0.1) is 0 Å². The van der Waals surface area contributed by atoms with Crippen LogP contribution in [-0.2, 0) is 9.59 Å². The van der Waals surface area contributed by atoms with Gasteiger partial charge < -0.3 is 10.4 Å². The summed E-state index contributed by atoms with van der Waals surface area (Å²) < 4.78 is 0.845. The number of nitro groups is 1. The maximum atomic E-state index is 11.9. The standard InChI is InChI=1S/C18H17BrN4O5/c19-13-3-1-4-14(10-13)21-17(25)5-2-6-18(26)22-20-11-12-9-15(23(27)28)7-8-16(12)24/h1,3-4,7-11,24H,2,5-6H2,(H,21,25)(H,22,26). The fraction of sp³-hybridized carbons (Fsp3) is 0.167. The second-order valence-electron chi connectivity index (χ2n) is 5.71. The predicted molar refractivity (Wildman–Crippen MR) is 107 cm³/mol. The molecular weight excluding hydrogens is 432 g/mol. The van der Waals surface area contributed by atoms with Gasteiger partial charge in [-0.05, 0) is 30.7 Å². The number of nitrogens with one attached hydrogen (secondary N) is 2. The maximum absolute atomic E-state index is 11.9. The number of phenolic OH excluding ortho intramolecular Hbond substituents is 1. The maximum Gasteiger partial charge on any atom is 0.270 e. The Kier molecular flexibility index (Phi) is 7.64. The first-order valence-electron chi connectivity index (χ1n) is 8.20. The van der Waals surface area contributed by atoms with E-state index >= 15 is 0 Å². The molecule has 0 aliphatic heterocycles. The summed E-state index contributed by atoms with van der Waals surface area (Å²) in [6.45, 7) is 0. The van der Waals surface area contributed by atoms with Crippen molar-refractivity contribution in [3.05, 3.63) is 62.6 Å². The Morgan fingerprint density at radius 2 is 1.93 bits per heavy atom. The van der Waals surface area contributed by atoms with Crippen LogP contribution < -0.4 is 10.7 Å². The van der Waals surface area contributed by atoms with Crippen molar-refractivity contribution in [3.63, 3.8) is 0 Å². The number of benzene rings is 2. The molecule has 0 aliphatic rings. The number of rotatable bonds is 8. The number of hydrazone groups is 1. The number of halogens is 1. The largest absolute Gasteiger partial charge is 0.507 e. The second-order valence-corrected chi connectivity index (χ2v) is 6.62. The normalized spacial score (nSPS) is 10.6. The Hall–Kier alpha value is -3.27. The zero-order chi connectivity index (χ0) is 20.5. The Labute approximate surface area is 168 Å². The van der Waals surface area contributed by atoms with Gasteiger partial charge in [-0.3, -0.25) is 19.7 Å². The minimum absolute atomic E-state index is 0.0736. The zero-order valence-corrected chi connectivity index (χ0v) is 16.2. The fourth-order valence-electron chi connectivity index (χ4n) is 2.19. The molecule has 2 amide bonds. The van der Waals surface area contributed by atoms with Crippen LogP contribution in [0.5, 0.6) is 5.75 Å². The van der Waals surface area contributed by atoms with E-state index in [1.165, 1.54) is 6.07 Å². The van der Waals surface area contributed by atoms with Crippen LogP contribution in [0.1, 0.15) is 24.8 Å². The Balaban J connectivity index is 1.75. The van der Waals surface area contributed by atoms with Crippen LogP contribution in [0.2, 0.25) is 0 Å². The van der Waals surface area contributed by atoms with E-state index < -0.39 is 10.8 Å². The number of non-ortho nitro benzene ring substituents is 1. The molecule has 2 rings (SSSR count). The minimum Gasteiger partial charge on any atom is -0.507 e. The van der Waals surface area contributed by atoms with Gasteiger partial charge >= 0.3 is 0 Å². The van der Waals surface area contributed by atoms with Gasteiger partial charge in [0.1, 0.15) is 5.75 Å². The second kappa shape index (κ2) is 10.2. The summed E-state index contributed by atoms with van der Waals surface area (Å²) >= 11 is 3.31. The first kappa shape index (κ1) is 21.0. The number of carbonyl (C=O) groups is 2. The molecule has 10 heteroatoms. The molecule has 0 fully saturated rings. The lowest BCUT2D eigenvalue weighted by molar-refractivity contribution is -0.384. The fourth-order valence-corrected chi connectivity index (χ4v) is 2.59. The third-order valence-electron chi connectivity index (χ3n) is 3.53. The monoisotopic (exact) mass is 448 g/mol. The molecule has 0 heterocycles. The lowest BCUT2D eigenvalue weighted by Gasteiger charge is -2.05. The van der Waals surface area contributed by atoms with Gasteiger partial charge in [0.05, 0.1) is 11.1 Å². The molecule has 0 saturated carbocycles. The smallest absolute Gasteiger partial charge is 0.270 e. The average Bonchev–Trinajstić information content (AvgIpc) is 2.63. The molecule has 146 valence electrons. The van der Waals surface area contributed by atoms with E-state index in [2.05, 4.69) is 31.8 Å². The molecule has 0 spiro atoms. The van der Waals surface area contributed by atoms with Crippen molar-refractivity contribution in [2.24, 2.45) is 5.10 Å². The van der Waals surface area contributed by atoms with Crippen LogP contribution in [0.25, 0.3) is 0 Å². The Morgan fingerprint density at radius 3 is 2.64 bits per heavy atom. The Bertz CT molecular complexity index is 917. The number of amides is 2. The molecule has 0 saturated heterocycles. The van der Waals surface area contributed by atoms with E-state index in [1.54, 1.807) is 18.2 Å². The Morgan fingerprint density at radius 1 is 1.18 bits per heavy atom. The van der Waals surface area contributed by atoms with Gasteiger partial charge in [-0.1, -0.05) is 22.0 Å². The molecule has 0 radical (unpaired) electrons. The molecule has 3 N–H and O–H groups in total. The number of nitrogens with zero attached hydrogens (tertiary/aromatic N) is 2. The molecule has 0 unspecified atom stereocenters. The van der Waals surface area contributed by atoms with Crippen LogP contribution in [0.15, 0.2) is 52.0 Å². The van der Waals surface area contributed by atoms with E-state index in [0.29, 0.717) is 12.1 Å². The van der Waals surface area contributed by atoms with E-state index in [0.717, 1.165) is 22.8 Å². The number of nitro benzene ring substituents is 1. The van der Waals surface area contributed by atoms with E-state index in [-0.39, 0.29) is 35.7 Å². The molecule has 0 atom stereocenters. The van der Waals surface area contributed by atoms with Gasteiger partial charge in [0.25, 0.3) is 5.69 Å². The lowest BCUT2D eigenvalue weighted by Crippen LogP contribution is -2.18. The quantitative estimate of drug-likeness (QED) is 0.323. The van der Waals surface area contributed by atoms with E-state index in [1.807, 2.05) is 6.07 Å². The van der Waals surface area contributed by atoms with Crippen molar-refractivity contribution in [1.29, 1.82) is 0 Å². The molecule has 0 bridgehead atoms. The predicted octanol–water partition coefficient (Wildman–Crippen LogP) is 3.32. The van der Waals surface area contributed by atoms with Crippen molar-refractivity contribution in [2.45, 2.75) is 19.3 Å². The van der Waals surface area contributed by atoms with Crippen molar-refractivity contribution in [3.8, 4) is 5.75 Å². The summed E-state index contributed by atoms with van der Waals surface area (Å²) in [6.07, 6.45) is 1.67. The third-order valence-corrected chi connectivity index (χ3v) is 4.02. The summed E-state index contributed by atoms with van der Waals surface area (Å²) in [5, 5.41) is 26.8. The van der Waals surface area contributed by atoms with E-state index in [9.17, 15) is 24.8 Å². The number of hydrogen-bond donors (Lipinski definition) is 3. The first-order chi connectivity index (χ1) is 13.3. The summed E-state index contributed by atoms with van der Waals surface area (Å²) in [5.74, 6) is -0.833. The average molecular weight is 449 g/mol. The summed E-state index contributed by atoms with van der Waals surface area (Å²) in [6, 6.07) is 10.6. The van der Waals surface area contributed by atoms with Crippen molar-refractivity contribution < 1.29 is 19.6 Å². The summed E-state index contributed by atoms with van der Waals surface area (Å²) in [4.78, 5) is 33.7. The highest BCUT2D eigenvalue weighted by Crippen LogP contribution is 2.21. The molecule has 2 aromatic carbocycles. The molecule has 0 aromatic heterocycles. The lowest BCUT2D eigenvalue weighted by atomic mass is 10.2. The molecular formula is C18H17BrN4O5. The number of anilines is 1. The number of phenols is 1. The van der Waals surface area contributed by atoms with Gasteiger partial charge in [0.15, 0.2) is 0 Å². The number of hydrogen-bond acceptors (Lipinski definition) is 6. The molecule has 28 heavy (non-hydrogen) atoms. The van der Waals surface area contributed by atoms with Gasteiger partial charge in [-0.25, -0.2) is 5.43 Å².